The maximum atomic E-state index is 15.4. The lowest BCUT2D eigenvalue weighted by molar-refractivity contribution is -0.218. The highest BCUT2D eigenvalue weighted by Crippen LogP contribution is 2.68. The first-order chi connectivity index (χ1) is 28.1. The maximum Gasteiger partial charge on any atom is 0.342 e. The summed E-state index contributed by atoms with van der Waals surface area (Å²) < 4.78 is 48.3. The average molecular weight is 835 g/mol. The number of rotatable bonds is 8. The summed E-state index contributed by atoms with van der Waals surface area (Å²) in [6, 6.07) is 8.85. The molecule has 2 unspecified atom stereocenters. The second-order valence-corrected chi connectivity index (χ2v) is 19.4. The standard InChI is InChI=1S/C45H56F2N4O7S/c1-8-42-13-10-15-51-16-14-43(36(42)51)30-19-31(34(56-5)20-33(30)49(4)37(43)45(55,38(42)52)40(54)58-7)44(39(53)57-6)21-25-17-26(41(3,46)47)23-50(22-25)24-29-28-18-27(59-9-2)11-12-32(28)48-35(29)44/h10-13,18-20,25-26,36-38,48,52,55H,8-9,14-17,21-24H2,1-7H3/t25-,26?,36+,37-,38-,42-,43-,44+,45+/m1/s1. The van der Waals surface area contributed by atoms with Gasteiger partial charge in [-0.25, -0.2) is 13.6 Å². The molecule has 1 aliphatic carbocycles. The Morgan fingerprint density at radius 1 is 1.05 bits per heavy atom. The van der Waals surface area contributed by atoms with E-state index in [0.717, 1.165) is 39.6 Å². The third kappa shape index (κ3) is 5.31. The summed E-state index contributed by atoms with van der Waals surface area (Å²) in [6.07, 6.45) is 3.88. The van der Waals surface area contributed by atoms with Crippen LogP contribution in [-0.4, -0.2) is 127 Å². The Hall–Kier alpha value is -3.69. The van der Waals surface area contributed by atoms with Crippen LogP contribution in [0.5, 0.6) is 5.75 Å². The fourth-order valence-electron chi connectivity index (χ4n) is 13.2. The first-order valence-electron chi connectivity index (χ1n) is 20.9. The molecular formula is C45H56F2N4O7S. The predicted molar refractivity (Wildman–Crippen MR) is 221 cm³/mol. The smallest absolute Gasteiger partial charge is 0.342 e. The number of alkyl halides is 2. The number of hydrogen-bond acceptors (Lipinski definition) is 11. The number of nitrogens with one attached hydrogen (secondary N) is 1. The largest absolute Gasteiger partial charge is 0.496 e. The first-order valence-corrected chi connectivity index (χ1v) is 21.9. The third-order valence-corrected chi connectivity index (χ3v) is 16.3. The van der Waals surface area contributed by atoms with Crippen molar-refractivity contribution in [2.45, 2.75) is 98.4 Å². The number of thioether (sulfide) groups is 1. The number of methoxy groups -OCH3 is 3. The highest BCUT2D eigenvalue weighted by Gasteiger charge is 2.79. The molecular weight excluding hydrogens is 779 g/mol. The van der Waals surface area contributed by atoms with Gasteiger partial charge in [0.15, 0.2) is 0 Å². The van der Waals surface area contributed by atoms with E-state index in [1.165, 1.54) is 14.2 Å². The SMILES string of the molecule is CCSc1ccc2[nH]c3c(c2c1)CN1CC(C(C)(F)F)C[C@@H](C1)C[C@]3(C(=O)OC)c1cc2c(cc1OC)N(C)[C@H]1[C@@](O)(C(=O)OC)[C@H](O)[C@]3(CC)C=CCN4CC[C@]21[C@@H]43. The number of aromatic amines is 1. The molecule has 1 aromatic heterocycles. The third-order valence-electron chi connectivity index (χ3n) is 15.4. The topological polar surface area (TPSA) is 128 Å². The summed E-state index contributed by atoms with van der Waals surface area (Å²) in [7, 11) is 5.98. The van der Waals surface area contributed by atoms with Crippen LogP contribution >= 0.6 is 11.8 Å². The van der Waals surface area contributed by atoms with E-state index in [1.54, 1.807) is 18.9 Å². The summed E-state index contributed by atoms with van der Waals surface area (Å²) >= 11 is 1.71. The number of hydrogen-bond donors (Lipinski definition) is 3. The van der Waals surface area contributed by atoms with Crippen molar-refractivity contribution in [1.29, 1.82) is 0 Å². The molecule has 1 spiro atoms. The van der Waals surface area contributed by atoms with Gasteiger partial charge in [0.2, 0.25) is 11.5 Å². The Morgan fingerprint density at radius 3 is 2.49 bits per heavy atom. The van der Waals surface area contributed by atoms with Crippen LogP contribution in [0.15, 0.2) is 47.4 Å². The number of esters is 2. The normalized spacial score (nSPS) is 35.9. The Balaban J connectivity index is 1.36. The van der Waals surface area contributed by atoms with Crippen LogP contribution < -0.4 is 9.64 Å². The van der Waals surface area contributed by atoms with E-state index in [0.29, 0.717) is 61.7 Å². The van der Waals surface area contributed by atoms with Crippen molar-refractivity contribution >= 4 is 40.3 Å². The number of piperidine rings is 1. The Bertz CT molecular complexity index is 2250. The van der Waals surface area contributed by atoms with Crippen molar-refractivity contribution < 1.29 is 42.8 Å². The number of carbonyl (C=O) groups is 2. The van der Waals surface area contributed by atoms with Gasteiger partial charge in [0, 0.05) is 94.8 Å². The van der Waals surface area contributed by atoms with E-state index in [1.807, 2.05) is 49.2 Å². The molecule has 14 heteroatoms. The number of H-pyrrole nitrogens is 1. The number of likely N-dealkylation sites (N-methyl/N-ethyl adjacent to an activating group) is 1. The summed E-state index contributed by atoms with van der Waals surface area (Å²) in [5.41, 5.74) is -1.46. The number of aliphatic hydroxyl groups is 2. The fourth-order valence-corrected chi connectivity index (χ4v) is 13.9. The van der Waals surface area contributed by atoms with Crippen molar-refractivity contribution in [2.24, 2.45) is 17.3 Å². The second kappa shape index (κ2) is 13.9. The van der Waals surface area contributed by atoms with Crippen LogP contribution in [0.1, 0.15) is 68.8 Å². The monoisotopic (exact) mass is 834 g/mol. The van der Waals surface area contributed by atoms with Gasteiger partial charge in [-0.15, -0.1) is 11.8 Å². The number of halogens is 2. The fraction of sp³-hybridized carbons (Fsp3) is 0.600. The van der Waals surface area contributed by atoms with Gasteiger partial charge in [0.1, 0.15) is 17.3 Å². The number of fused-ring (bicyclic) bond motifs is 6. The lowest BCUT2D eigenvalue weighted by Crippen LogP contribution is -2.80. The first kappa shape index (κ1) is 40.7. The van der Waals surface area contributed by atoms with Gasteiger partial charge in [-0.3, -0.25) is 14.6 Å². The molecule has 6 aliphatic rings. The van der Waals surface area contributed by atoms with E-state index in [-0.39, 0.29) is 31.3 Å². The molecule has 11 nitrogen and oxygen atoms in total. The lowest BCUT2D eigenvalue weighted by Gasteiger charge is -2.63. The van der Waals surface area contributed by atoms with Gasteiger partial charge in [-0.1, -0.05) is 26.0 Å². The lowest BCUT2D eigenvalue weighted by atomic mass is 9.47. The molecule has 1 saturated carbocycles. The Labute approximate surface area is 348 Å². The number of ether oxygens (including phenoxy) is 3. The molecule has 0 amide bonds. The second-order valence-electron chi connectivity index (χ2n) is 18.0. The average Bonchev–Trinajstić information content (AvgIpc) is 3.87. The van der Waals surface area contributed by atoms with Gasteiger partial charge in [0.25, 0.3) is 0 Å². The molecule has 2 bridgehead atoms. The van der Waals surface area contributed by atoms with Crippen LogP contribution in [0.2, 0.25) is 0 Å². The predicted octanol–water partition coefficient (Wildman–Crippen LogP) is 5.62. The molecule has 3 N–H and O–H groups in total. The van der Waals surface area contributed by atoms with Crippen LogP contribution in [-0.2, 0) is 36.4 Å². The number of nitrogens with zero attached hydrogens (tertiary/aromatic N) is 3. The summed E-state index contributed by atoms with van der Waals surface area (Å²) in [4.78, 5) is 40.4. The van der Waals surface area contributed by atoms with Crippen LogP contribution in [0.25, 0.3) is 10.9 Å². The van der Waals surface area contributed by atoms with Gasteiger partial charge in [-0.05, 0) is 86.2 Å². The van der Waals surface area contributed by atoms with E-state index >= 15 is 13.6 Å². The number of anilines is 1. The van der Waals surface area contributed by atoms with Crippen molar-refractivity contribution in [2.75, 3.05) is 65.2 Å². The minimum Gasteiger partial charge on any atom is -0.496 e. The summed E-state index contributed by atoms with van der Waals surface area (Å²) in [5, 5.41) is 26.3. The summed E-state index contributed by atoms with van der Waals surface area (Å²) in [5.74, 6) is -4.36. The van der Waals surface area contributed by atoms with Crippen molar-refractivity contribution in [1.82, 2.24) is 14.8 Å². The molecule has 2 saturated heterocycles. The van der Waals surface area contributed by atoms with Crippen molar-refractivity contribution in [3.8, 4) is 5.75 Å². The van der Waals surface area contributed by atoms with Crippen LogP contribution in [0.4, 0.5) is 14.5 Å². The van der Waals surface area contributed by atoms with Crippen molar-refractivity contribution in [3.63, 3.8) is 0 Å². The minimum absolute atomic E-state index is 0.169. The zero-order valence-electron chi connectivity index (χ0n) is 34.9. The molecule has 0 radical (unpaired) electrons. The van der Waals surface area contributed by atoms with Crippen LogP contribution in [0, 0.1) is 17.3 Å². The minimum atomic E-state index is -2.93. The summed E-state index contributed by atoms with van der Waals surface area (Å²) in [6.45, 7) is 7.45. The molecule has 6 heterocycles. The number of aromatic nitrogens is 1. The molecule has 3 fully saturated rings. The molecule has 59 heavy (non-hydrogen) atoms. The molecule has 10 atom stereocenters. The van der Waals surface area contributed by atoms with Crippen molar-refractivity contribution in [3.05, 3.63) is 64.9 Å². The number of aliphatic hydroxyl groups excluding tert-OH is 1. The van der Waals surface area contributed by atoms with Gasteiger partial charge < -0.3 is 34.3 Å². The van der Waals surface area contributed by atoms with Gasteiger partial charge in [0.05, 0.1) is 27.4 Å². The van der Waals surface area contributed by atoms with E-state index < -0.39 is 57.8 Å². The Morgan fingerprint density at radius 2 is 1.81 bits per heavy atom. The highest BCUT2D eigenvalue weighted by atomic mass is 32.2. The molecule has 3 aromatic rings. The molecule has 2 aromatic carbocycles. The van der Waals surface area contributed by atoms with E-state index in [2.05, 4.69) is 33.8 Å². The zero-order chi connectivity index (χ0) is 42.0. The van der Waals surface area contributed by atoms with E-state index in [9.17, 15) is 15.0 Å². The Kier molecular flexibility index (Phi) is 9.60. The number of carbonyl (C=O) groups excluding carboxylic acids is 2. The molecule has 318 valence electrons. The van der Waals surface area contributed by atoms with Gasteiger partial charge >= 0.3 is 11.9 Å². The quantitative estimate of drug-likeness (QED) is 0.149. The van der Waals surface area contributed by atoms with Gasteiger partial charge in [-0.2, -0.15) is 0 Å². The van der Waals surface area contributed by atoms with E-state index in [4.69, 9.17) is 14.2 Å². The molecule has 5 aliphatic heterocycles. The highest BCUT2D eigenvalue weighted by molar-refractivity contribution is 7.99. The van der Waals surface area contributed by atoms with Crippen LogP contribution in [0.3, 0.4) is 0 Å². The number of benzene rings is 2. The zero-order valence-corrected chi connectivity index (χ0v) is 35.8. The molecule has 9 rings (SSSR count). The maximum absolute atomic E-state index is 15.4.